The van der Waals surface area contributed by atoms with E-state index in [-0.39, 0.29) is 5.91 Å². The number of nitrogens with zero attached hydrogens (tertiary/aromatic N) is 1. The van der Waals surface area contributed by atoms with Crippen molar-refractivity contribution in [3.63, 3.8) is 0 Å². The fourth-order valence-corrected chi connectivity index (χ4v) is 3.38. The fourth-order valence-electron chi connectivity index (χ4n) is 2.56. The Labute approximate surface area is 121 Å². The Bertz CT molecular complexity index is 675. The smallest absolute Gasteiger partial charge is 0.254 e. The van der Waals surface area contributed by atoms with Crippen molar-refractivity contribution in [2.45, 2.75) is 19.9 Å². The van der Waals surface area contributed by atoms with Crippen LogP contribution in [0.25, 0.3) is 10.4 Å². The second kappa shape index (κ2) is 5.21. The third-order valence-electron chi connectivity index (χ3n) is 3.51. The molecule has 20 heavy (non-hydrogen) atoms. The summed E-state index contributed by atoms with van der Waals surface area (Å²) in [5.41, 5.74) is 2.98. The van der Waals surface area contributed by atoms with E-state index in [2.05, 4.69) is 13.0 Å². The van der Waals surface area contributed by atoms with Crippen molar-refractivity contribution in [2.24, 2.45) is 0 Å². The maximum absolute atomic E-state index is 12.2. The summed E-state index contributed by atoms with van der Waals surface area (Å²) in [7, 11) is 0. The van der Waals surface area contributed by atoms with Gasteiger partial charge in [-0.1, -0.05) is 13.0 Å². The summed E-state index contributed by atoms with van der Waals surface area (Å²) >= 11 is 1.48. The molecule has 0 radical (unpaired) electrons. The third-order valence-corrected chi connectivity index (χ3v) is 4.56. The van der Waals surface area contributed by atoms with E-state index in [9.17, 15) is 9.59 Å². The van der Waals surface area contributed by atoms with Crippen LogP contribution in [-0.4, -0.2) is 23.6 Å². The largest absolute Gasteiger partial charge is 0.334 e. The molecule has 1 aromatic carbocycles. The van der Waals surface area contributed by atoms with Crippen molar-refractivity contribution in [3.8, 4) is 10.4 Å². The topological polar surface area (TPSA) is 37.4 Å². The molecule has 4 heteroatoms. The summed E-state index contributed by atoms with van der Waals surface area (Å²) in [6.45, 7) is 3.58. The van der Waals surface area contributed by atoms with E-state index in [0.717, 1.165) is 45.7 Å². The van der Waals surface area contributed by atoms with Gasteiger partial charge >= 0.3 is 0 Å². The Hall–Kier alpha value is -1.94. The zero-order valence-corrected chi connectivity index (χ0v) is 12.1. The number of hydrogen-bond acceptors (Lipinski definition) is 3. The molecule has 0 fully saturated rings. The molecule has 0 N–H and O–H groups in total. The van der Waals surface area contributed by atoms with Crippen LogP contribution in [0.5, 0.6) is 0 Å². The van der Waals surface area contributed by atoms with Crippen LogP contribution >= 0.6 is 11.3 Å². The van der Waals surface area contributed by atoms with Crippen LogP contribution in [0.4, 0.5) is 0 Å². The van der Waals surface area contributed by atoms with Gasteiger partial charge in [-0.15, -0.1) is 11.3 Å². The van der Waals surface area contributed by atoms with Crippen LogP contribution in [-0.2, 0) is 6.54 Å². The first-order valence-corrected chi connectivity index (χ1v) is 7.52. The molecule has 3 rings (SSSR count). The van der Waals surface area contributed by atoms with E-state index < -0.39 is 0 Å². The van der Waals surface area contributed by atoms with Crippen molar-refractivity contribution in [2.75, 3.05) is 6.54 Å². The summed E-state index contributed by atoms with van der Waals surface area (Å²) in [6, 6.07) is 9.73. The third kappa shape index (κ3) is 2.16. The number of aldehydes is 1. The molecular weight excluding hydrogens is 270 g/mol. The number of rotatable bonds is 4. The van der Waals surface area contributed by atoms with Gasteiger partial charge in [-0.05, 0) is 41.8 Å². The SMILES string of the molecule is CCCN1Cc2cc(-c3ccc(C=O)s3)ccc2C1=O. The van der Waals surface area contributed by atoms with Gasteiger partial charge in [-0.3, -0.25) is 9.59 Å². The van der Waals surface area contributed by atoms with Crippen LogP contribution in [0, 0.1) is 0 Å². The van der Waals surface area contributed by atoms with Gasteiger partial charge in [0.25, 0.3) is 5.91 Å². The Morgan fingerprint density at radius 1 is 1.30 bits per heavy atom. The van der Waals surface area contributed by atoms with Gasteiger partial charge in [0.15, 0.2) is 6.29 Å². The molecule has 0 aliphatic carbocycles. The van der Waals surface area contributed by atoms with Gasteiger partial charge in [-0.2, -0.15) is 0 Å². The lowest BCUT2D eigenvalue weighted by atomic mass is 10.1. The quantitative estimate of drug-likeness (QED) is 0.805. The molecule has 102 valence electrons. The molecule has 0 atom stereocenters. The molecule has 1 amide bonds. The van der Waals surface area contributed by atoms with E-state index in [0.29, 0.717) is 6.54 Å². The highest BCUT2D eigenvalue weighted by Crippen LogP contribution is 2.32. The molecule has 0 unspecified atom stereocenters. The van der Waals surface area contributed by atoms with Gasteiger partial charge in [0, 0.05) is 23.5 Å². The molecule has 0 saturated carbocycles. The predicted molar refractivity (Wildman–Crippen MR) is 80.2 cm³/mol. The number of amides is 1. The van der Waals surface area contributed by atoms with E-state index in [1.807, 2.05) is 29.2 Å². The number of carbonyl (C=O) groups excluding carboxylic acids is 2. The second-order valence-electron chi connectivity index (χ2n) is 4.92. The number of fused-ring (bicyclic) bond motifs is 1. The van der Waals surface area contributed by atoms with Crippen LogP contribution in [0.1, 0.15) is 38.9 Å². The van der Waals surface area contributed by atoms with Crippen molar-refractivity contribution >= 4 is 23.5 Å². The van der Waals surface area contributed by atoms with E-state index in [1.54, 1.807) is 0 Å². The fraction of sp³-hybridized carbons (Fsp3) is 0.250. The molecule has 1 aromatic heterocycles. The van der Waals surface area contributed by atoms with Crippen molar-refractivity contribution in [1.82, 2.24) is 4.90 Å². The first-order chi connectivity index (χ1) is 9.72. The second-order valence-corrected chi connectivity index (χ2v) is 6.03. The lowest BCUT2D eigenvalue weighted by molar-refractivity contribution is 0.0778. The lowest BCUT2D eigenvalue weighted by Gasteiger charge is -2.13. The molecule has 1 aliphatic heterocycles. The molecule has 0 saturated heterocycles. The Morgan fingerprint density at radius 3 is 2.85 bits per heavy atom. The van der Waals surface area contributed by atoms with Crippen molar-refractivity contribution in [1.29, 1.82) is 0 Å². The molecule has 2 aromatic rings. The molecule has 3 nitrogen and oxygen atoms in total. The van der Waals surface area contributed by atoms with Crippen molar-refractivity contribution in [3.05, 3.63) is 46.3 Å². The van der Waals surface area contributed by atoms with Gasteiger partial charge in [0.2, 0.25) is 0 Å². The van der Waals surface area contributed by atoms with Crippen molar-refractivity contribution < 1.29 is 9.59 Å². The standard InChI is InChI=1S/C16H15NO2S/c1-2-7-17-9-12-8-11(3-5-14(12)16(17)19)15-6-4-13(10-18)20-15/h3-6,8,10H,2,7,9H2,1H3. The van der Waals surface area contributed by atoms with Gasteiger partial charge < -0.3 is 4.90 Å². The van der Waals surface area contributed by atoms with Gasteiger partial charge in [-0.25, -0.2) is 0 Å². The number of carbonyl (C=O) groups is 2. The summed E-state index contributed by atoms with van der Waals surface area (Å²) in [6.07, 6.45) is 1.84. The summed E-state index contributed by atoms with van der Waals surface area (Å²) in [5, 5.41) is 0. The summed E-state index contributed by atoms with van der Waals surface area (Å²) in [4.78, 5) is 26.6. The monoisotopic (exact) mass is 285 g/mol. The lowest BCUT2D eigenvalue weighted by Crippen LogP contribution is -2.24. The van der Waals surface area contributed by atoms with E-state index in [1.165, 1.54) is 11.3 Å². The average molecular weight is 285 g/mol. The van der Waals surface area contributed by atoms with E-state index >= 15 is 0 Å². The highest BCUT2D eigenvalue weighted by Gasteiger charge is 2.26. The molecule has 2 heterocycles. The molecule has 0 bridgehead atoms. The molecule has 0 spiro atoms. The van der Waals surface area contributed by atoms with Gasteiger partial charge in [0.05, 0.1) is 4.88 Å². The summed E-state index contributed by atoms with van der Waals surface area (Å²) < 4.78 is 0. The Morgan fingerprint density at radius 2 is 2.15 bits per heavy atom. The Kier molecular flexibility index (Phi) is 3.40. The number of thiophene rings is 1. The first-order valence-electron chi connectivity index (χ1n) is 6.70. The highest BCUT2D eigenvalue weighted by atomic mass is 32.1. The number of benzene rings is 1. The van der Waals surface area contributed by atoms with Crippen LogP contribution in [0.3, 0.4) is 0 Å². The molecular formula is C16H15NO2S. The van der Waals surface area contributed by atoms with Crippen LogP contribution in [0.15, 0.2) is 30.3 Å². The normalized spacial score (nSPS) is 13.7. The van der Waals surface area contributed by atoms with Crippen LogP contribution in [0.2, 0.25) is 0 Å². The minimum Gasteiger partial charge on any atom is -0.334 e. The first kappa shape index (κ1) is 13.1. The number of hydrogen-bond donors (Lipinski definition) is 0. The highest BCUT2D eigenvalue weighted by molar-refractivity contribution is 7.17. The predicted octanol–water partition coefficient (Wildman–Crippen LogP) is 3.59. The minimum absolute atomic E-state index is 0.133. The molecule has 1 aliphatic rings. The average Bonchev–Trinajstić information content (AvgIpc) is 3.05. The maximum atomic E-state index is 12.2. The zero-order valence-electron chi connectivity index (χ0n) is 11.3. The Balaban J connectivity index is 1.93. The minimum atomic E-state index is 0.133. The van der Waals surface area contributed by atoms with Gasteiger partial charge in [0.1, 0.15) is 0 Å². The van der Waals surface area contributed by atoms with E-state index in [4.69, 9.17) is 0 Å². The van der Waals surface area contributed by atoms with Crippen LogP contribution < -0.4 is 0 Å². The zero-order chi connectivity index (χ0) is 14.1. The summed E-state index contributed by atoms with van der Waals surface area (Å²) in [5.74, 6) is 0.133. The maximum Gasteiger partial charge on any atom is 0.254 e.